The molecule has 0 fully saturated rings. The third-order valence-corrected chi connectivity index (χ3v) is 2.11. The predicted octanol–water partition coefficient (Wildman–Crippen LogP) is 2.14. The van der Waals surface area contributed by atoms with Gasteiger partial charge in [0.1, 0.15) is 5.92 Å². The Morgan fingerprint density at radius 1 is 1.19 bits per heavy atom. The molecule has 0 aliphatic heterocycles. The summed E-state index contributed by atoms with van der Waals surface area (Å²) in [5.74, 6) is 1.86. The van der Waals surface area contributed by atoms with E-state index in [9.17, 15) is 9.59 Å². The van der Waals surface area contributed by atoms with Crippen molar-refractivity contribution in [1.82, 2.24) is 0 Å². The van der Waals surface area contributed by atoms with Gasteiger partial charge in [0, 0.05) is 6.42 Å². The lowest BCUT2D eigenvalue weighted by molar-refractivity contribution is -0.146. The van der Waals surface area contributed by atoms with Crippen molar-refractivity contribution >= 4 is 11.9 Å². The van der Waals surface area contributed by atoms with Crippen molar-refractivity contribution < 1.29 is 19.8 Å². The average Bonchev–Trinajstić information content (AvgIpc) is 2.20. The lowest BCUT2D eigenvalue weighted by Gasteiger charge is -1.99. The Morgan fingerprint density at radius 2 is 1.88 bits per heavy atom. The molecule has 0 heterocycles. The third-order valence-electron chi connectivity index (χ3n) is 2.11. The van der Waals surface area contributed by atoms with Crippen LogP contribution in [0.2, 0.25) is 0 Å². The number of carbonyl (C=O) groups is 2. The van der Waals surface area contributed by atoms with Gasteiger partial charge >= 0.3 is 11.9 Å². The molecule has 0 rings (SSSR count). The Hall–Kier alpha value is -1.50. The third kappa shape index (κ3) is 7.86. The summed E-state index contributed by atoms with van der Waals surface area (Å²) in [5, 5.41) is 17.2. The molecule has 1 unspecified atom stereocenters. The van der Waals surface area contributed by atoms with Crippen molar-refractivity contribution in [2.75, 3.05) is 0 Å². The molecule has 0 aromatic heterocycles. The normalized spacial score (nSPS) is 11.3. The summed E-state index contributed by atoms with van der Waals surface area (Å²) >= 11 is 0. The van der Waals surface area contributed by atoms with Crippen molar-refractivity contribution in [3.05, 3.63) is 0 Å². The average molecular weight is 226 g/mol. The minimum Gasteiger partial charge on any atom is -0.481 e. The zero-order chi connectivity index (χ0) is 12.4. The molecular formula is C12H18O4. The Kier molecular flexibility index (Phi) is 7.96. The van der Waals surface area contributed by atoms with E-state index in [2.05, 4.69) is 18.8 Å². The van der Waals surface area contributed by atoms with Gasteiger partial charge in [-0.05, 0) is 6.42 Å². The smallest absolute Gasteiger partial charge is 0.319 e. The van der Waals surface area contributed by atoms with Crippen LogP contribution in [0.25, 0.3) is 0 Å². The number of hydrogen-bond acceptors (Lipinski definition) is 2. The topological polar surface area (TPSA) is 74.6 Å². The van der Waals surface area contributed by atoms with E-state index in [1.54, 1.807) is 0 Å². The fraction of sp³-hybridized carbons (Fsp3) is 0.667. The summed E-state index contributed by atoms with van der Waals surface area (Å²) in [5.41, 5.74) is 0. The molecule has 0 aromatic carbocycles. The first kappa shape index (κ1) is 14.5. The molecule has 0 spiro atoms. The Bertz CT molecular complexity index is 285. The van der Waals surface area contributed by atoms with Gasteiger partial charge in [-0.3, -0.25) is 9.59 Å². The summed E-state index contributed by atoms with van der Waals surface area (Å²) < 4.78 is 0. The second-order valence-corrected chi connectivity index (χ2v) is 3.62. The van der Waals surface area contributed by atoms with Gasteiger partial charge in [-0.1, -0.05) is 32.1 Å². The van der Waals surface area contributed by atoms with Crippen LogP contribution in [0.3, 0.4) is 0 Å². The van der Waals surface area contributed by atoms with Crippen LogP contribution in [0.4, 0.5) is 0 Å². The Morgan fingerprint density at radius 3 is 2.38 bits per heavy atom. The van der Waals surface area contributed by atoms with Crippen molar-refractivity contribution in [1.29, 1.82) is 0 Å². The summed E-state index contributed by atoms with van der Waals surface area (Å²) in [6.07, 6.45) is 4.53. The molecule has 0 saturated carbocycles. The molecule has 0 aliphatic carbocycles. The van der Waals surface area contributed by atoms with Gasteiger partial charge in [0.05, 0.1) is 6.42 Å². The van der Waals surface area contributed by atoms with Crippen LogP contribution < -0.4 is 0 Å². The molecule has 0 aliphatic rings. The highest BCUT2D eigenvalue weighted by atomic mass is 16.4. The zero-order valence-electron chi connectivity index (χ0n) is 9.53. The van der Waals surface area contributed by atoms with E-state index in [0.29, 0.717) is 6.42 Å². The first-order valence-electron chi connectivity index (χ1n) is 5.51. The van der Waals surface area contributed by atoms with E-state index in [4.69, 9.17) is 10.2 Å². The molecule has 0 saturated heterocycles. The molecule has 1 atom stereocenters. The minimum atomic E-state index is -1.16. The maximum atomic E-state index is 10.6. The van der Waals surface area contributed by atoms with E-state index in [1.807, 2.05) is 0 Å². The van der Waals surface area contributed by atoms with Crippen molar-refractivity contribution in [2.45, 2.75) is 45.4 Å². The van der Waals surface area contributed by atoms with Crippen molar-refractivity contribution in [3.63, 3.8) is 0 Å². The SMILES string of the molecule is CCCCCCC#CC(CC(=O)O)C(=O)O. The van der Waals surface area contributed by atoms with Gasteiger partial charge in [-0.25, -0.2) is 0 Å². The first-order chi connectivity index (χ1) is 7.57. The quantitative estimate of drug-likeness (QED) is 0.515. The summed E-state index contributed by atoms with van der Waals surface area (Å²) in [6.45, 7) is 2.11. The van der Waals surface area contributed by atoms with Gasteiger partial charge in [-0.15, -0.1) is 5.92 Å². The van der Waals surface area contributed by atoms with Gasteiger partial charge < -0.3 is 10.2 Å². The second-order valence-electron chi connectivity index (χ2n) is 3.62. The fourth-order valence-electron chi connectivity index (χ4n) is 1.21. The lowest BCUT2D eigenvalue weighted by Crippen LogP contribution is -2.15. The molecule has 0 aromatic rings. The van der Waals surface area contributed by atoms with Gasteiger partial charge in [-0.2, -0.15) is 0 Å². The predicted molar refractivity (Wildman–Crippen MR) is 59.9 cm³/mol. The van der Waals surface area contributed by atoms with Crippen LogP contribution in [0, 0.1) is 17.8 Å². The molecule has 90 valence electrons. The van der Waals surface area contributed by atoms with Crippen LogP contribution in [-0.4, -0.2) is 22.2 Å². The molecule has 0 amide bonds. The van der Waals surface area contributed by atoms with E-state index in [0.717, 1.165) is 25.7 Å². The van der Waals surface area contributed by atoms with Crippen LogP contribution in [0.15, 0.2) is 0 Å². The van der Waals surface area contributed by atoms with Crippen LogP contribution in [0.5, 0.6) is 0 Å². The highest BCUT2D eigenvalue weighted by molar-refractivity contribution is 5.80. The molecule has 0 radical (unpaired) electrons. The lowest BCUT2D eigenvalue weighted by atomic mass is 10.1. The number of unbranched alkanes of at least 4 members (excludes halogenated alkanes) is 4. The van der Waals surface area contributed by atoms with Crippen molar-refractivity contribution in [3.8, 4) is 11.8 Å². The van der Waals surface area contributed by atoms with E-state index in [1.165, 1.54) is 0 Å². The van der Waals surface area contributed by atoms with Crippen LogP contribution >= 0.6 is 0 Å². The largest absolute Gasteiger partial charge is 0.481 e. The molecular weight excluding hydrogens is 208 g/mol. The fourth-order valence-corrected chi connectivity index (χ4v) is 1.21. The van der Waals surface area contributed by atoms with Gasteiger partial charge in [0.2, 0.25) is 0 Å². The summed E-state index contributed by atoms with van der Waals surface area (Å²) in [6, 6.07) is 0. The number of carboxylic acids is 2. The Labute approximate surface area is 95.7 Å². The van der Waals surface area contributed by atoms with E-state index < -0.39 is 24.3 Å². The number of aliphatic carboxylic acids is 2. The number of hydrogen-bond donors (Lipinski definition) is 2. The Balaban J connectivity index is 3.94. The second kappa shape index (κ2) is 8.78. The van der Waals surface area contributed by atoms with E-state index >= 15 is 0 Å². The minimum absolute atomic E-state index is 0.433. The molecule has 4 heteroatoms. The van der Waals surface area contributed by atoms with E-state index in [-0.39, 0.29) is 0 Å². The maximum absolute atomic E-state index is 10.6. The molecule has 4 nitrogen and oxygen atoms in total. The standard InChI is InChI=1S/C12H18O4/c1-2-3-4-5-6-7-8-10(12(15)16)9-11(13)14/h10H,2-6,9H2,1H3,(H,13,14)(H,15,16). The first-order valence-corrected chi connectivity index (χ1v) is 5.51. The number of carboxylic acid groups (broad SMARTS) is 2. The molecule has 16 heavy (non-hydrogen) atoms. The zero-order valence-corrected chi connectivity index (χ0v) is 9.53. The van der Waals surface area contributed by atoms with Gasteiger partial charge in [0.25, 0.3) is 0 Å². The highest BCUT2D eigenvalue weighted by Gasteiger charge is 2.17. The van der Waals surface area contributed by atoms with Crippen LogP contribution in [-0.2, 0) is 9.59 Å². The summed E-state index contributed by atoms with van der Waals surface area (Å²) in [4.78, 5) is 21.0. The molecule has 0 bridgehead atoms. The van der Waals surface area contributed by atoms with Crippen LogP contribution in [0.1, 0.15) is 45.4 Å². The number of rotatable bonds is 7. The molecule has 2 N–H and O–H groups in total. The van der Waals surface area contributed by atoms with Gasteiger partial charge in [0.15, 0.2) is 0 Å². The monoisotopic (exact) mass is 226 g/mol. The maximum Gasteiger partial charge on any atom is 0.319 e. The highest BCUT2D eigenvalue weighted by Crippen LogP contribution is 2.04. The van der Waals surface area contributed by atoms with Crippen molar-refractivity contribution in [2.24, 2.45) is 5.92 Å². The summed E-state index contributed by atoms with van der Waals surface area (Å²) in [7, 11) is 0.